The van der Waals surface area contributed by atoms with Crippen LogP contribution in [0.15, 0.2) is 24.2 Å². The lowest BCUT2D eigenvalue weighted by Gasteiger charge is -2.36. The minimum Gasteiger partial charge on any atom is -0.388 e. The van der Waals surface area contributed by atoms with Crippen LogP contribution in [0.2, 0.25) is 0 Å². The Labute approximate surface area is 131 Å². The number of amides is 3. The minimum atomic E-state index is -1.14. The van der Waals surface area contributed by atoms with Gasteiger partial charge in [-0.2, -0.15) is 0 Å². The maximum absolute atomic E-state index is 12.0. The van der Waals surface area contributed by atoms with Crippen LogP contribution in [0.3, 0.4) is 0 Å². The second kappa shape index (κ2) is 5.81. The van der Waals surface area contributed by atoms with Crippen molar-refractivity contribution in [3.8, 4) is 0 Å². The molecule has 0 saturated carbocycles. The second-order valence-corrected chi connectivity index (χ2v) is 5.59. The molecular weight excluding hydrogens is 308 g/mol. The maximum atomic E-state index is 12.0. The van der Waals surface area contributed by atoms with Crippen LogP contribution < -0.4 is 21.7 Å². The van der Waals surface area contributed by atoms with Crippen LogP contribution in [0, 0.1) is 0 Å². The van der Waals surface area contributed by atoms with Crippen molar-refractivity contribution in [3.63, 3.8) is 0 Å². The van der Waals surface area contributed by atoms with Gasteiger partial charge < -0.3 is 41.4 Å². The number of nitrogens with two attached hydrogens (primary N) is 1. The zero-order chi connectivity index (χ0) is 16.7. The molecule has 2 fully saturated rings. The molecule has 0 spiro atoms. The summed E-state index contributed by atoms with van der Waals surface area (Å²) in [5.74, 6) is -0.153. The van der Waals surface area contributed by atoms with E-state index in [0.29, 0.717) is 5.82 Å². The Morgan fingerprint density at radius 3 is 2.83 bits per heavy atom. The number of fused-ring (bicyclic) bond motifs is 1. The van der Waals surface area contributed by atoms with Gasteiger partial charge in [-0.1, -0.05) is 6.58 Å². The van der Waals surface area contributed by atoms with Crippen molar-refractivity contribution in [3.05, 3.63) is 24.2 Å². The van der Waals surface area contributed by atoms with E-state index in [-0.39, 0.29) is 12.2 Å². The van der Waals surface area contributed by atoms with Gasteiger partial charge in [0.15, 0.2) is 0 Å². The predicted octanol–water partition coefficient (Wildman–Crippen LogP) is -3.01. The van der Waals surface area contributed by atoms with Gasteiger partial charge in [-0.15, -0.1) is 0 Å². The number of carbonyl (C=O) groups is 2. The number of nitrogens with one attached hydrogen (secondary N) is 3. The summed E-state index contributed by atoms with van der Waals surface area (Å²) in [4.78, 5) is 23.1. The van der Waals surface area contributed by atoms with Gasteiger partial charge in [0.1, 0.15) is 36.3 Å². The molecule has 3 heterocycles. The SMILES string of the molecule is C=C1NC=C([C@@H]2O[C@@H]3[C@H](NC(N)=O)[C@H](O)CO[C@H]3[C@H]2O)C(=O)N1. The number of carbonyl (C=O) groups excluding carboxylic acids is 2. The van der Waals surface area contributed by atoms with Gasteiger partial charge in [0.25, 0.3) is 5.91 Å². The van der Waals surface area contributed by atoms with Gasteiger partial charge in [-0.3, -0.25) is 4.79 Å². The van der Waals surface area contributed by atoms with E-state index in [1.165, 1.54) is 6.20 Å². The summed E-state index contributed by atoms with van der Waals surface area (Å²) in [7, 11) is 0. The van der Waals surface area contributed by atoms with Crippen molar-refractivity contribution in [1.82, 2.24) is 16.0 Å². The second-order valence-electron chi connectivity index (χ2n) is 5.59. The van der Waals surface area contributed by atoms with Crippen molar-refractivity contribution >= 4 is 11.9 Å². The third kappa shape index (κ3) is 2.77. The lowest BCUT2D eigenvalue weighted by atomic mass is 9.93. The molecule has 10 nitrogen and oxygen atoms in total. The first-order valence-corrected chi connectivity index (χ1v) is 7.04. The monoisotopic (exact) mass is 326 g/mol. The summed E-state index contributed by atoms with van der Waals surface area (Å²) in [6.07, 6.45) is -3.42. The lowest BCUT2D eigenvalue weighted by molar-refractivity contribution is -0.134. The molecule has 2 saturated heterocycles. The Morgan fingerprint density at radius 2 is 2.17 bits per heavy atom. The van der Waals surface area contributed by atoms with E-state index in [1.54, 1.807) is 0 Å². The van der Waals surface area contributed by atoms with Gasteiger partial charge in [0.2, 0.25) is 0 Å². The fraction of sp³-hybridized carbons (Fsp3) is 0.538. The number of hydrogen-bond acceptors (Lipinski definition) is 7. The summed E-state index contributed by atoms with van der Waals surface area (Å²) in [5, 5.41) is 28.0. The van der Waals surface area contributed by atoms with E-state index in [4.69, 9.17) is 15.2 Å². The van der Waals surface area contributed by atoms with Crippen LogP contribution in [-0.4, -0.2) is 65.3 Å². The third-order valence-electron chi connectivity index (χ3n) is 4.05. The minimum absolute atomic E-state index is 0.0977. The Hall–Kier alpha value is -2.14. The molecule has 0 aliphatic carbocycles. The highest BCUT2D eigenvalue weighted by Gasteiger charge is 2.54. The standard InChI is InChI=1S/C13H18N4O6/c1-4-15-2-5(12(20)16-4)9-8(19)11-10(23-9)7(17-13(14)21)6(18)3-22-11/h2,6-11,15,18-19H,1,3H2,(H,16,20)(H3,14,17,21)/t6-,7-,8+,9+,10-,11+/m1/s1. The normalized spacial score (nSPS) is 39.8. The average Bonchev–Trinajstić information content (AvgIpc) is 2.79. The number of aliphatic hydroxyl groups is 2. The molecule has 0 aromatic heterocycles. The highest BCUT2D eigenvalue weighted by molar-refractivity contribution is 5.96. The fourth-order valence-corrected chi connectivity index (χ4v) is 3.00. The molecule has 0 unspecified atom stereocenters. The molecule has 6 atom stereocenters. The van der Waals surface area contributed by atoms with Gasteiger partial charge in [0.05, 0.1) is 18.2 Å². The number of primary amides is 1. The maximum Gasteiger partial charge on any atom is 0.312 e. The molecule has 3 aliphatic rings. The zero-order valence-corrected chi connectivity index (χ0v) is 12.1. The largest absolute Gasteiger partial charge is 0.388 e. The molecule has 3 rings (SSSR count). The third-order valence-corrected chi connectivity index (χ3v) is 4.05. The number of aliphatic hydroxyl groups excluding tert-OH is 2. The average molecular weight is 326 g/mol. The Bertz CT molecular complexity index is 579. The van der Waals surface area contributed by atoms with Crippen LogP contribution in [0.25, 0.3) is 0 Å². The molecular formula is C13H18N4O6. The van der Waals surface area contributed by atoms with Crippen molar-refractivity contribution < 1.29 is 29.3 Å². The number of ether oxygens (including phenoxy) is 2. The lowest BCUT2D eigenvalue weighted by Crippen LogP contribution is -2.61. The molecule has 7 N–H and O–H groups in total. The van der Waals surface area contributed by atoms with E-state index in [1.807, 2.05) is 0 Å². The highest BCUT2D eigenvalue weighted by atomic mass is 16.6. The summed E-state index contributed by atoms with van der Waals surface area (Å²) in [5.41, 5.74) is 5.26. The molecule has 0 bridgehead atoms. The van der Waals surface area contributed by atoms with Crippen molar-refractivity contribution in [2.24, 2.45) is 5.73 Å². The Kier molecular flexibility index (Phi) is 3.98. The van der Waals surface area contributed by atoms with E-state index in [9.17, 15) is 19.8 Å². The van der Waals surface area contributed by atoms with E-state index < -0.39 is 48.5 Å². The summed E-state index contributed by atoms with van der Waals surface area (Å²) < 4.78 is 11.1. The van der Waals surface area contributed by atoms with Crippen LogP contribution in [-0.2, 0) is 14.3 Å². The van der Waals surface area contributed by atoms with Crippen molar-refractivity contribution in [1.29, 1.82) is 0 Å². The number of hydrogen-bond donors (Lipinski definition) is 6. The number of urea groups is 1. The van der Waals surface area contributed by atoms with Crippen LogP contribution in [0.5, 0.6) is 0 Å². The zero-order valence-electron chi connectivity index (χ0n) is 12.1. The molecule has 10 heteroatoms. The Morgan fingerprint density at radius 1 is 1.43 bits per heavy atom. The molecule has 0 aromatic rings. The molecule has 23 heavy (non-hydrogen) atoms. The smallest absolute Gasteiger partial charge is 0.312 e. The molecule has 3 aliphatic heterocycles. The van der Waals surface area contributed by atoms with Gasteiger partial charge >= 0.3 is 6.03 Å². The van der Waals surface area contributed by atoms with Crippen LogP contribution >= 0.6 is 0 Å². The van der Waals surface area contributed by atoms with Gasteiger partial charge in [-0.05, 0) is 0 Å². The topological polar surface area (TPSA) is 155 Å². The van der Waals surface area contributed by atoms with Crippen molar-refractivity contribution in [2.75, 3.05) is 6.61 Å². The van der Waals surface area contributed by atoms with E-state index >= 15 is 0 Å². The first-order chi connectivity index (χ1) is 10.9. The summed E-state index contributed by atoms with van der Waals surface area (Å²) in [6, 6.07) is -1.68. The summed E-state index contributed by atoms with van der Waals surface area (Å²) in [6.45, 7) is 3.46. The highest BCUT2D eigenvalue weighted by Crippen LogP contribution is 2.34. The van der Waals surface area contributed by atoms with Crippen LogP contribution in [0.4, 0.5) is 4.79 Å². The first-order valence-electron chi connectivity index (χ1n) is 7.04. The number of rotatable bonds is 2. The predicted molar refractivity (Wildman–Crippen MR) is 75.4 cm³/mol. The van der Waals surface area contributed by atoms with E-state index in [2.05, 4.69) is 22.5 Å². The molecule has 126 valence electrons. The van der Waals surface area contributed by atoms with Gasteiger partial charge in [-0.25, -0.2) is 4.79 Å². The van der Waals surface area contributed by atoms with Gasteiger partial charge in [0, 0.05) is 6.20 Å². The summed E-state index contributed by atoms with van der Waals surface area (Å²) >= 11 is 0. The molecule has 0 aromatic carbocycles. The molecule has 0 radical (unpaired) electrons. The fourth-order valence-electron chi connectivity index (χ4n) is 3.00. The Balaban J connectivity index is 1.83. The first kappa shape index (κ1) is 15.7. The molecule has 3 amide bonds. The van der Waals surface area contributed by atoms with E-state index in [0.717, 1.165) is 0 Å². The quantitative estimate of drug-likeness (QED) is 0.315. The van der Waals surface area contributed by atoms with Crippen LogP contribution in [0.1, 0.15) is 0 Å². The van der Waals surface area contributed by atoms with Crippen molar-refractivity contribution in [2.45, 2.75) is 36.6 Å².